The fraction of sp³-hybridized carbons (Fsp3) is 0.318. The van der Waals surface area contributed by atoms with Crippen LogP contribution in [0.3, 0.4) is 0 Å². The summed E-state index contributed by atoms with van der Waals surface area (Å²) in [5, 5.41) is 9.08. The van der Waals surface area contributed by atoms with Crippen LogP contribution in [-0.4, -0.2) is 52.1 Å². The molecule has 4 aromatic rings. The van der Waals surface area contributed by atoms with Gasteiger partial charge in [-0.05, 0) is 34.5 Å². The van der Waals surface area contributed by atoms with Crippen LogP contribution < -0.4 is 11.1 Å². The third kappa shape index (κ3) is 3.78. The van der Waals surface area contributed by atoms with Crippen LogP contribution in [-0.2, 0) is 16.0 Å². The molecule has 3 aromatic heterocycles. The normalized spacial score (nSPS) is 19.3. The van der Waals surface area contributed by atoms with Crippen LogP contribution >= 0.6 is 15.9 Å². The predicted octanol–water partition coefficient (Wildman–Crippen LogP) is 3.18. The van der Waals surface area contributed by atoms with E-state index in [0.29, 0.717) is 24.6 Å². The second kappa shape index (κ2) is 8.51. The van der Waals surface area contributed by atoms with Gasteiger partial charge in [0.05, 0.1) is 34.6 Å². The Morgan fingerprint density at radius 1 is 1.32 bits per heavy atom. The molecule has 0 radical (unpaired) electrons. The summed E-state index contributed by atoms with van der Waals surface area (Å²) in [6.07, 6.45) is 4.53. The van der Waals surface area contributed by atoms with Gasteiger partial charge in [0, 0.05) is 49.0 Å². The molecule has 0 aliphatic carbocycles. The SMILES string of the molecule is CO[C@@H]1COCC[C@@H]1NCc1nc2c(-c3cnc4ccccc4c3)cnn2c(N)c1Br. The van der Waals surface area contributed by atoms with Crippen LogP contribution in [0.2, 0.25) is 0 Å². The third-order valence-corrected chi connectivity index (χ3v) is 6.60. The van der Waals surface area contributed by atoms with Gasteiger partial charge in [0.25, 0.3) is 0 Å². The minimum atomic E-state index is 0.0165. The number of pyridine rings is 1. The molecule has 0 amide bonds. The molecule has 0 unspecified atom stereocenters. The number of rotatable bonds is 5. The summed E-state index contributed by atoms with van der Waals surface area (Å²) < 4.78 is 13.5. The number of benzene rings is 1. The standard InChI is InChI=1S/C22H23BrN6O2/c1-30-19-12-31-7-6-17(19)26-11-18-20(23)21(24)29-22(28-18)15(10-27-29)14-8-13-4-2-3-5-16(13)25-9-14/h2-5,8-10,17,19,26H,6-7,11-12,24H2,1H3/t17-,19+/m0/s1. The Bertz CT molecular complexity index is 1240. The molecule has 4 heterocycles. The number of methoxy groups -OCH3 is 1. The Morgan fingerprint density at radius 3 is 3.06 bits per heavy atom. The molecule has 1 aliphatic heterocycles. The van der Waals surface area contributed by atoms with E-state index in [0.717, 1.165) is 45.2 Å². The number of halogens is 1. The summed E-state index contributed by atoms with van der Waals surface area (Å²) >= 11 is 3.60. The lowest BCUT2D eigenvalue weighted by Gasteiger charge is -2.31. The molecule has 3 N–H and O–H groups in total. The first kappa shape index (κ1) is 20.3. The fourth-order valence-corrected chi connectivity index (χ4v) is 4.38. The zero-order chi connectivity index (χ0) is 21.4. The largest absolute Gasteiger partial charge is 0.383 e. The van der Waals surface area contributed by atoms with E-state index < -0.39 is 0 Å². The predicted molar refractivity (Wildman–Crippen MR) is 123 cm³/mol. The molecule has 0 spiro atoms. The van der Waals surface area contributed by atoms with Crippen LogP contribution in [0.5, 0.6) is 0 Å². The van der Waals surface area contributed by atoms with Crippen molar-refractivity contribution in [3.05, 3.63) is 52.9 Å². The number of nitrogens with one attached hydrogen (secondary N) is 1. The zero-order valence-corrected chi connectivity index (χ0v) is 18.7. The lowest BCUT2D eigenvalue weighted by atomic mass is 10.1. The van der Waals surface area contributed by atoms with Gasteiger partial charge in [-0.1, -0.05) is 18.2 Å². The Hall–Kier alpha value is -2.59. The van der Waals surface area contributed by atoms with Crippen molar-refractivity contribution < 1.29 is 9.47 Å². The lowest BCUT2D eigenvalue weighted by Crippen LogP contribution is -2.47. The van der Waals surface area contributed by atoms with E-state index in [1.165, 1.54) is 0 Å². The van der Waals surface area contributed by atoms with Crippen molar-refractivity contribution in [1.82, 2.24) is 24.9 Å². The van der Waals surface area contributed by atoms with E-state index >= 15 is 0 Å². The number of anilines is 1. The summed E-state index contributed by atoms with van der Waals surface area (Å²) in [6, 6.07) is 10.3. The lowest BCUT2D eigenvalue weighted by molar-refractivity contribution is -0.0502. The second-order valence-electron chi connectivity index (χ2n) is 7.59. The van der Waals surface area contributed by atoms with E-state index in [9.17, 15) is 0 Å². The number of ether oxygens (including phenoxy) is 2. The molecule has 1 aliphatic rings. The van der Waals surface area contributed by atoms with Gasteiger partial charge < -0.3 is 20.5 Å². The monoisotopic (exact) mass is 482 g/mol. The van der Waals surface area contributed by atoms with Crippen molar-refractivity contribution in [2.45, 2.75) is 25.1 Å². The molecule has 1 saturated heterocycles. The van der Waals surface area contributed by atoms with Gasteiger partial charge in [0.2, 0.25) is 0 Å². The van der Waals surface area contributed by atoms with Crippen molar-refractivity contribution in [2.75, 3.05) is 26.1 Å². The molecule has 1 fully saturated rings. The van der Waals surface area contributed by atoms with Crippen molar-refractivity contribution in [1.29, 1.82) is 0 Å². The van der Waals surface area contributed by atoms with Crippen LogP contribution in [0.4, 0.5) is 5.82 Å². The second-order valence-corrected chi connectivity index (χ2v) is 8.39. The number of aromatic nitrogens is 4. The van der Waals surface area contributed by atoms with Crippen LogP contribution in [0.15, 0.2) is 47.2 Å². The Morgan fingerprint density at radius 2 is 2.19 bits per heavy atom. The van der Waals surface area contributed by atoms with Crippen LogP contribution in [0.25, 0.3) is 27.7 Å². The summed E-state index contributed by atoms with van der Waals surface area (Å²) in [4.78, 5) is 9.48. The molecular formula is C22H23BrN6O2. The highest BCUT2D eigenvalue weighted by atomic mass is 79.9. The van der Waals surface area contributed by atoms with Gasteiger partial charge in [-0.25, -0.2) is 4.98 Å². The number of hydrogen-bond donors (Lipinski definition) is 2. The average molecular weight is 483 g/mol. The first-order valence-electron chi connectivity index (χ1n) is 10.2. The van der Waals surface area contributed by atoms with E-state index in [1.54, 1.807) is 17.8 Å². The first-order valence-corrected chi connectivity index (χ1v) is 11.0. The molecule has 0 bridgehead atoms. The molecule has 8 nitrogen and oxygen atoms in total. The fourth-order valence-electron chi connectivity index (χ4n) is 3.99. The number of nitrogen functional groups attached to an aromatic ring is 1. The number of fused-ring (bicyclic) bond motifs is 2. The van der Waals surface area contributed by atoms with E-state index in [2.05, 4.69) is 37.4 Å². The van der Waals surface area contributed by atoms with Gasteiger partial charge >= 0.3 is 0 Å². The van der Waals surface area contributed by atoms with Crippen molar-refractivity contribution >= 4 is 38.3 Å². The number of para-hydroxylation sites is 1. The van der Waals surface area contributed by atoms with Crippen molar-refractivity contribution in [2.24, 2.45) is 0 Å². The Balaban J connectivity index is 1.50. The third-order valence-electron chi connectivity index (χ3n) is 5.73. The van der Waals surface area contributed by atoms with Crippen LogP contribution in [0.1, 0.15) is 12.1 Å². The molecule has 31 heavy (non-hydrogen) atoms. The minimum absolute atomic E-state index is 0.0165. The smallest absolute Gasteiger partial charge is 0.165 e. The quantitative estimate of drug-likeness (QED) is 0.450. The van der Waals surface area contributed by atoms with Crippen molar-refractivity contribution in [3.8, 4) is 11.1 Å². The number of nitrogens with zero attached hydrogens (tertiary/aromatic N) is 4. The van der Waals surface area contributed by atoms with E-state index in [1.807, 2.05) is 30.5 Å². The average Bonchev–Trinajstić information content (AvgIpc) is 3.24. The molecule has 0 saturated carbocycles. The van der Waals surface area contributed by atoms with Gasteiger partial charge in [0.1, 0.15) is 5.82 Å². The Kier molecular flexibility index (Phi) is 5.58. The van der Waals surface area contributed by atoms with Gasteiger partial charge in [-0.2, -0.15) is 9.61 Å². The number of hydrogen-bond acceptors (Lipinski definition) is 7. The van der Waals surface area contributed by atoms with Gasteiger partial charge in [-0.15, -0.1) is 0 Å². The minimum Gasteiger partial charge on any atom is -0.383 e. The highest BCUT2D eigenvalue weighted by molar-refractivity contribution is 9.10. The molecular weight excluding hydrogens is 460 g/mol. The van der Waals surface area contributed by atoms with Crippen LogP contribution in [0, 0.1) is 0 Å². The summed E-state index contributed by atoms with van der Waals surface area (Å²) in [7, 11) is 1.71. The molecule has 160 valence electrons. The number of nitrogens with two attached hydrogens (primary N) is 1. The molecule has 1 aromatic carbocycles. The maximum absolute atomic E-state index is 6.39. The molecule has 9 heteroatoms. The first-order chi connectivity index (χ1) is 15.2. The summed E-state index contributed by atoms with van der Waals surface area (Å²) in [5.74, 6) is 0.511. The maximum atomic E-state index is 6.39. The molecule has 5 rings (SSSR count). The summed E-state index contributed by atoms with van der Waals surface area (Å²) in [5.41, 5.74) is 10.7. The van der Waals surface area contributed by atoms with Gasteiger partial charge in [0.15, 0.2) is 5.65 Å². The maximum Gasteiger partial charge on any atom is 0.165 e. The molecule has 2 atom stereocenters. The highest BCUT2D eigenvalue weighted by Crippen LogP contribution is 2.30. The topological polar surface area (TPSA) is 99.6 Å². The zero-order valence-electron chi connectivity index (χ0n) is 17.1. The van der Waals surface area contributed by atoms with Crippen molar-refractivity contribution in [3.63, 3.8) is 0 Å². The summed E-state index contributed by atoms with van der Waals surface area (Å²) in [6.45, 7) is 1.85. The van der Waals surface area contributed by atoms with E-state index in [4.69, 9.17) is 20.2 Å². The van der Waals surface area contributed by atoms with E-state index in [-0.39, 0.29) is 12.1 Å². The van der Waals surface area contributed by atoms with Gasteiger partial charge in [-0.3, -0.25) is 4.98 Å². The Labute approximate surface area is 187 Å². The highest BCUT2D eigenvalue weighted by Gasteiger charge is 2.26.